The maximum absolute atomic E-state index is 13.1. The third kappa shape index (κ3) is 2.77. The van der Waals surface area contributed by atoms with Crippen LogP contribution in [0.5, 0.6) is 0 Å². The van der Waals surface area contributed by atoms with Crippen molar-refractivity contribution in [1.82, 2.24) is 35.2 Å². The van der Waals surface area contributed by atoms with Crippen molar-refractivity contribution in [1.29, 1.82) is 0 Å². The van der Waals surface area contributed by atoms with Crippen LogP contribution in [0.4, 0.5) is 13.2 Å². The van der Waals surface area contributed by atoms with Gasteiger partial charge >= 0.3 is 6.18 Å². The first kappa shape index (κ1) is 15.1. The van der Waals surface area contributed by atoms with Gasteiger partial charge in [0.15, 0.2) is 5.82 Å². The summed E-state index contributed by atoms with van der Waals surface area (Å²) < 4.78 is 39.2. The van der Waals surface area contributed by atoms with Gasteiger partial charge < -0.3 is 0 Å². The molecule has 1 aromatic carbocycles. The van der Waals surface area contributed by atoms with E-state index in [-0.39, 0.29) is 17.2 Å². The highest BCUT2D eigenvalue weighted by molar-refractivity contribution is 5.85. The lowest BCUT2D eigenvalue weighted by Gasteiger charge is -2.09. The fourth-order valence-corrected chi connectivity index (χ4v) is 2.25. The minimum absolute atomic E-state index is 0.0967. The monoisotopic (exact) mass is 343 g/mol. The molecule has 0 radical (unpaired) electrons. The van der Waals surface area contributed by atoms with E-state index in [0.717, 1.165) is 4.80 Å². The van der Waals surface area contributed by atoms with Crippen molar-refractivity contribution < 1.29 is 13.2 Å². The number of benzene rings is 1. The van der Waals surface area contributed by atoms with Crippen molar-refractivity contribution in [2.75, 3.05) is 0 Å². The molecule has 4 aromatic rings. The van der Waals surface area contributed by atoms with Gasteiger partial charge in [0.25, 0.3) is 0 Å². The van der Waals surface area contributed by atoms with E-state index in [1.807, 2.05) is 0 Å². The topological polar surface area (TPSA) is 82.3 Å². The van der Waals surface area contributed by atoms with Crippen LogP contribution in [-0.2, 0) is 6.18 Å². The third-order valence-corrected chi connectivity index (χ3v) is 3.36. The molecule has 0 saturated heterocycles. The fourth-order valence-electron chi connectivity index (χ4n) is 2.25. The molecule has 0 atom stereocenters. The molecule has 0 fully saturated rings. The summed E-state index contributed by atoms with van der Waals surface area (Å²) in [6, 6.07) is 9.73. The Labute approximate surface area is 138 Å². The normalized spacial score (nSPS) is 11.8. The number of nitrogens with zero attached hydrogens (tertiary/aromatic N) is 7. The molecule has 0 N–H and O–H groups in total. The number of aromatic nitrogens is 7. The molecule has 0 bridgehead atoms. The highest BCUT2D eigenvalue weighted by atomic mass is 19.4. The van der Waals surface area contributed by atoms with Crippen molar-refractivity contribution in [3.8, 4) is 17.2 Å². The summed E-state index contributed by atoms with van der Waals surface area (Å²) in [5.74, 6) is -1.13. The van der Waals surface area contributed by atoms with Crippen molar-refractivity contribution in [3.05, 3.63) is 54.6 Å². The van der Waals surface area contributed by atoms with Crippen molar-refractivity contribution in [3.63, 3.8) is 0 Å². The van der Waals surface area contributed by atoms with Gasteiger partial charge in [-0.2, -0.15) is 13.2 Å². The number of rotatable bonds is 2. The lowest BCUT2D eigenvalue weighted by atomic mass is 10.2. The van der Waals surface area contributed by atoms with Gasteiger partial charge in [0.2, 0.25) is 11.6 Å². The second kappa shape index (κ2) is 5.58. The van der Waals surface area contributed by atoms with Crippen LogP contribution in [-0.4, -0.2) is 35.2 Å². The van der Waals surface area contributed by atoms with Gasteiger partial charge in [-0.25, -0.2) is 9.97 Å². The van der Waals surface area contributed by atoms with Crippen LogP contribution in [0.25, 0.3) is 28.1 Å². The van der Waals surface area contributed by atoms with Gasteiger partial charge in [-0.05, 0) is 29.5 Å². The predicted molar refractivity (Wildman–Crippen MR) is 80.5 cm³/mol. The smallest absolute Gasteiger partial charge is 0.264 e. The minimum Gasteiger partial charge on any atom is -0.264 e. The van der Waals surface area contributed by atoms with Gasteiger partial charge in [0.05, 0.1) is 5.52 Å². The summed E-state index contributed by atoms with van der Waals surface area (Å²) in [7, 11) is 0. The second-order valence-corrected chi connectivity index (χ2v) is 5.03. The lowest BCUT2D eigenvalue weighted by molar-refractivity contribution is -0.144. The van der Waals surface area contributed by atoms with Gasteiger partial charge in [-0.15, -0.1) is 15.0 Å². The number of hydrogen-bond donors (Lipinski definition) is 0. The van der Waals surface area contributed by atoms with E-state index < -0.39 is 12.0 Å². The average molecular weight is 343 g/mol. The van der Waals surface area contributed by atoms with E-state index in [1.54, 1.807) is 36.5 Å². The maximum Gasteiger partial charge on any atom is 0.451 e. The van der Waals surface area contributed by atoms with Crippen molar-refractivity contribution in [2.24, 2.45) is 0 Å². The molecule has 0 amide bonds. The van der Waals surface area contributed by atoms with Crippen LogP contribution in [0.1, 0.15) is 5.82 Å². The standard InChI is InChI=1S/C15H8F3N7/c16-15(17,18)14-20-11-6-2-1-5-10(11)13(21-14)25-23-12(22-24-25)9-4-3-7-19-8-9/h1-8H. The average Bonchev–Trinajstić information content (AvgIpc) is 3.11. The van der Waals surface area contributed by atoms with Crippen molar-refractivity contribution in [2.45, 2.75) is 6.18 Å². The first-order valence-electron chi connectivity index (χ1n) is 7.07. The van der Waals surface area contributed by atoms with Gasteiger partial charge in [0, 0.05) is 23.3 Å². The van der Waals surface area contributed by atoms with Crippen LogP contribution in [0.2, 0.25) is 0 Å². The number of pyridine rings is 1. The highest BCUT2D eigenvalue weighted by Crippen LogP contribution is 2.29. The molecule has 0 unspecified atom stereocenters. The lowest BCUT2D eigenvalue weighted by Crippen LogP contribution is -2.15. The fraction of sp³-hybridized carbons (Fsp3) is 0.0667. The first-order chi connectivity index (χ1) is 12.0. The largest absolute Gasteiger partial charge is 0.451 e. The molecule has 10 heteroatoms. The molecular weight excluding hydrogens is 335 g/mol. The zero-order chi connectivity index (χ0) is 17.4. The van der Waals surface area contributed by atoms with Crippen LogP contribution >= 0.6 is 0 Å². The number of hydrogen-bond acceptors (Lipinski definition) is 6. The number of tetrazole rings is 1. The molecule has 124 valence electrons. The Kier molecular flexibility index (Phi) is 3.38. The maximum atomic E-state index is 13.1. The number of fused-ring (bicyclic) bond motifs is 1. The molecule has 4 rings (SSSR count). The number of para-hydroxylation sites is 1. The Balaban J connectivity index is 1.90. The van der Waals surface area contributed by atoms with Crippen LogP contribution in [0, 0.1) is 0 Å². The quantitative estimate of drug-likeness (QED) is 0.556. The highest BCUT2D eigenvalue weighted by Gasteiger charge is 2.36. The zero-order valence-electron chi connectivity index (χ0n) is 12.4. The number of halogens is 3. The van der Waals surface area contributed by atoms with Crippen LogP contribution in [0.3, 0.4) is 0 Å². The Hall–Kier alpha value is -3.43. The van der Waals surface area contributed by atoms with E-state index >= 15 is 0 Å². The molecule has 0 spiro atoms. The summed E-state index contributed by atoms with van der Waals surface area (Å²) in [5.41, 5.74) is 0.725. The summed E-state index contributed by atoms with van der Waals surface area (Å²) in [6.07, 6.45) is -1.58. The Morgan fingerprint density at radius 2 is 1.80 bits per heavy atom. The van der Waals surface area contributed by atoms with E-state index in [4.69, 9.17) is 0 Å². The summed E-state index contributed by atoms with van der Waals surface area (Å²) in [6.45, 7) is 0. The zero-order valence-corrected chi connectivity index (χ0v) is 12.4. The van der Waals surface area contributed by atoms with E-state index in [0.29, 0.717) is 10.9 Å². The van der Waals surface area contributed by atoms with Crippen LogP contribution < -0.4 is 0 Å². The Bertz CT molecular complexity index is 1040. The second-order valence-electron chi connectivity index (χ2n) is 5.03. The van der Waals surface area contributed by atoms with Gasteiger partial charge in [0.1, 0.15) is 0 Å². The van der Waals surface area contributed by atoms with E-state index in [2.05, 4.69) is 30.4 Å². The molecule has 3 heterocycles. The van der Waals surface area contributed by atoms with Crippen LogP contribution in [0.15, 0.2) is 48.8 Å². The Morgan fingerprint density at radius 3 is 2.56 bits per heavy atom. The molecule has 0 saturated carbocycles. The SMILES string of the molecule is FC(F)(F)c1nc(-n2nnc(-c3cccnc3)n2)c2ccccc2n1. The molecule has 0 aliphatic carbocycles. The van der Waals surface area contributed by atoms with Gasteiger partial charge in [-0.1, -0.05) is 12.1 Å². The molecule has 0 aliphatic rings. The van der Waals surface area contributed by atoms with E-state index in [1.165, 1.54) is 12.3 Å². The molecule has 0 aliphatic heterocycles. The van der Waals surface area contributed by atoms with E-state index in [9.17, 15) is 13.2 Å². The number of alkyl halides is 3. The molecule has 3 aromatic heterocycles. The summed E-state index contributed by atoms with van der Waals surface area (Å²) in [4.78, 5) is 12.1. The van der Waals surface area contributed by atoms with Gasteiger partial charge in [-0.3, -0.25) is 4.98 Å². The molecular formula is C15H8F3N7. The Morgan fingerprint density at radius 1 is 0.960 bits per heavy atom. The minimum atomic E-state index is -4.69. The van der Waals surface area contributed by atoms with Crippen molar-refractivity contribution >= 4 is 10.9 Å². The molecule has 25 heavy (non-hydrogen) atoms. The summed E-state index contributed by atoms with van der Waals surface area (Å²) >= 11 is 0. The summed E-state index contributed by atoms with van der Waals surface area (Å²) in [5, 5.41) is 12.2. The third-order valence-electron chi connectivity index (χ3n) is 3.36. The molecule has 7 nitrogen and oxygen atoms in total. The first-order valence-corrected chi connectivity index (χ1v) is 7.07. The predicted octanol–water partition coefficient (Wildman–Crippen LogP) is 2.69.